The quantitative estimate of drug-likeness (QED) is 0.343. The maximum atomic E-state index is 13.1. The Bertz CT molecular complexity index is 1260. The van der Waals surface area contributed by atoms with E-state index in [1.165, 1.54) is 30.5 Å². The van der Waals surface area contributed by atoms with Crippen LogP contribution in [-0.2, 0) is 16.0 Å². The molecule has 1 atom stereocenters. The van der Waals surface area contributed by atoms with E-state index in [-0.39, 0.29) is 24.5 Å². The molecular weight excluding hydrogens is 461 g/mol. The predicted molar refractivity (Wildman–Crippen MR) is 125 cm³/mol. The zero-order valence-corrected chi connectivity index (χ0v) is 19.0. The van der Waals surface area contributed by atoms with Gasteiger partial charge in [0.05, 0.1) is 24.6 Å². The first-order valence-electron chi connectivity index (χ1n) is 11.1. The highest BCUT2D eigenvalue weighted by Crippen LogP contribution is 2.26. The Balaban J connectivity index is 1.72. The van der Waals surface area contributed by atoms with Crippen molar-refractivity contribution in [3.63, 3.8) is 0 Å². The Morgan fingerprint density at radius 3 is 2.69 bits per heavy atom. The number of carbonyl (C=O) groups excluding carboxylic acids is 1. The van der Waals surface area contributed by atoms with Crippen LogP contribution in [0.4, 0.5) is 15.8 Å². The van der Waals surface area contributed by atoms with Crippen molar-refractivity contribution in [3.05, 3.63) is 64.0 Å². The topological polar surface area (TPSA) is 138 Å². The second-order valence-corrected chi connectivity index (χ2v) is 7.78. The molecule has 0 radical (unpaired) electrons. The number of fused-ring (bicyclic) bond motifs is 1. The number of carbonyl (C=O) groups is 1. The number of amides is 1. The predicted octanol–water partition coefficient (Wildman–Crippen LogP) is 1.03. The van der Waals surface area contributed by atoms with Gasteiger partial charge in [0.25, 0.3) is 5.91 Å². The third-order valence-electron chi connectivity index (χ3n) is 5.45. The fourth-order valence-electron chi connectivity index (χ4n) is 3.68. The SMILES string of the molecule is CCOC(O)Nc1cc(N2CCOCC2)cn2c(=O)c(O)c(C(=O)NCc3ccc(F)cc3)nc12. The van der Waals surface area contributed by atoms with Gasteiger partial charge in [0, 0.05) is 32.4 Å². The normalized spacial score (nSPS) is 14.7. The first kappa shape index (κ1) is 24.4. The number of halogens is 1. The number of nitrogens with zero attached hydrogens (tertiary/aromatic N) is 3. The average Bonchev–Trinajstić information content (AvgIpc) is 2.86. The Hall–Kier alpha value is -3.74. The minimum Gasteiger partial charge on any atom is -0.501 e. The molecule has 2 aromatic heterocycles. The Morgan fingerprint density at radius 1 is 1.29 bits per heavy atom. The van der Waals surface area contributed by atoms with Crippen LogP contribution in [0.15, 0.2) is 41.3 Å². The van der Waals surface area contributed by atoms with Gasteiger partial charge >= 0.3 is 5.56 Å². The molecular formula is C23H26FN5O6. The van der Waals surface area contributed by atoms with Crippen molar-refractivity contribution in [2.45, 2.75) is 19.9 Å². The van der Waals surface area contributed by atoms with E-state index in [0.29, 0.717) is 37.6 Å². The number of aromatic hydroxyl groups is 1. The maximum absolute atomic E-state index is 13.1. The molecule has 1 aliphatic heterocycles. The number of rotatable bonds is 8. The van der Waals surface area contributed by atoms with E-state index in [1.807, 2.05) is 4.90 Å². The number of aromatic nitrogens is 2. The number of aliphatic hydroxyl groups excluding tert-OH is 1. The third-order valence-corrected chi connectivity index (χ3v) is 5.45. The van der Waals surface area contributed by atoms with Gasteiger partial charge in [0.2, 0.25) is 12.2 Å². The molecule has 12 heteroatoms. The van der Waals surface area contributed by atoms with Crippen molar-refractivity contribution in [2.24, 2.45) is 0 Å². The molecule has 35 heavy (non-hydrogen) atoms. The van der Waals surface area contributed by atoms with Crippen LogP contribution in [0.2, 0.25) is 0 Å². The largest absolute Gasteiger partial charge is 0.501 e. The molecule has 11 nitrogen and oxygen atoms in total. The average molecular weight is 487 g/mol. The fourth-order valence-corrected chi connectivity index (χ4v) is 3.68. The molecule has 4 N–H and O–H groups in total. The van der Waals surface area contributed by atoms with Crippen molar-refractivity contribution in [1.82, 2.24) is 14.7 Å². The Labute approximate surface area is 199 Å². The molecule has 0 spiro atoms. The number of aliphatic hydroxyl groups is 1. The molecule has 0 bridgehead atoms. The lowest BCUT2D eigenvalue weighted by atomic mass is 10.2. The molecule has 1 aliphatic rings. The van der Waals surface area contributed by atoms with Crippen molar-refractivity contribution < 1.29 is 28.9 Å². The van der Waals surface area contributed by atoms with Crippen LogP contribution >= 0.6 is 0 Å². The summed E-state index contributed by atoms with van der Waals surface area (Å²) in [6, 6.07) is 7.19. The molecule has 1 aromatic carbocycles. The third kappa shape index (κ3) is 5.50. The van der Waals surface area contributed by atoms with Crippen LogP contribution in [0.25, 0.3) is 5.65 Å². The summed E-state index contributed by atoms with van der Waals surface area (Å²) < 4.78 is 24.7. The summed E-state index contributed by atoms with van der Waals surface area (Å²) in [6.07, 6.45) is 0.110. The smallest absolute Gasteiger partial charge is 0.301 e. The van der Waals surface area contributed by atoms with Gasteiger partial charge in [-0.3, -0.25) is 14.0 Å². The van der Waals surface area contributed by atoms with Gasteiger partial charge in [-0.1, -0.05) is 12.1 Å². The minimum absolute atomic E-state index is 0.00972. The first-order chi connectivity index (χ1) is 16.9. The van der Waals surface area contributed by atoms with Crippen LogP contribution in [0.1, 0.15) is 23.0 Å². The van der Waals surface area contributed by atoms with Crippen LogP contribution in [0, 0.1) is 5.82 Å². The number of ether oxygens (including phenoxy) is 2. The number of morpholine rings is 1. The van der Waals surface area contributed by atoms with Gasteiger partial charge in [0.1, 0.15) is 5.82 Å². The second kappa shape index (κ2) is 10.7. The lowest BCUT2D eigenvalue weighted by Crippen LogP contribution is -2.37. The lowest BCUT2D eigenvalue weighted by Gasteiger charge is -2.29. The number of hydrogen-bond donors (Lipinski definition) is 4. The Kier molecular flexibility index (Phi) is 7.44. The highest BCUT2D eigenvalue weighted by atomic mass is 19.1. The summed E-state index contributed by atoms with van der Waals surface area (Å²) >= 11 is 0. The molecule has 3 aromatic rings. The summed E-state index contributed by atoms with van der Waals surface area (Å²) in [4.78, 5) is 32.0. The Morgan fingerprint density at radius 2 is 2.00 bits per heavy atom. The number of nitrogens with one attached hydrogen (secondary N) is 2. The first-order valence-corrected chi connectivity index (χ1v) is 11.1. The van der Waals surface area contributed by atoms with E-state index in [1.54, 1.807) is 13.0 Å². The van der Waals surface area contributed by atoms with Gasteiger partial charge in [-0.25, -0.2) is 9.37 Å². The number of anilines is 2. The molecule has 4 rings (SSSR count). The summed E-state index contributed by atoms with van der Waals surface area (Å²) in [7, 11) is 0. The van der Waals surface area contributed by atoms with Gasteiger partial charge in [0.15, 0.2) is 11.3 Å². The highest BCUT2D eigenvalue weighted by molar-refractivity contribution is 5.95. The van der Waals surface area contributed by atoms with Gasteiger partial charge < -0.3 is 35.2 Å². The summed E-state index contributed by atoms with van der Waals surface area (Å²) in [5.41, 5.74) is 0.143. The second-order valence-electron chi connectivity index (χ2n) is 7.78. The zero-order chi connectivity index (χ0) is 24.9. The standard InChI is InChI=1S/C23H26FN5O6/c1-2-35-23(33)26-17-11-16(28-7-9-34-10-8-28)13-29-20(17)27-18(19(30)22(29)32)21(31)25-12-14-3-5-15(24)6-4-14/h3-6,11,13,23,26,30,33H,2,7-10,12H2,1H3,(H,25,31). The van der Waals surface area contributed by atoms with Crippen molar-refractivity contribution in [3.8, 4) is 5.75 Å². The van der Waals surface area contributed by atoms with E-state index < -0.39 is 35.1 Å². The molecule has 1 amide bonds. The molecule has 0 saturated carbocycles. The molecule has 1 saturated heterocycles. The van der Waals surface area contributed by atoms with Crippen molar-refractivity contribution in [2.75, 3.05) is 43.1 Å². The van der Waals surface area contributed by atoms with Gasteiger partial charge in [-0.15, -0.1) is 0 Å². The van der Waals surface area contributed by atoms with Crippen molar-refractivity contribution in [1.29, 1.82) is 0 Å². The van der Waals surface area contributed by atoms with E-state index in [9.17, 15) is 24.2 Å². The van der Waals surface area contributed by atoms with E-state index >= 15 is 0 Å². The van der Waals surface area contributed by atoms with Crippen LogP contribution < -0.4 is 21.1 Å². The fraction of sp³-hybridized carbons (Fsp3) is 0.348. The van der Waals surface area contributed by atoms with Crippen molar-refractivity contribution >= 4 is 22.9 Å². The van der Waals surface area contributed by atoms with E-state index in [2.05, 4.69) is 15.6 Å². The number of pyridine rings is 1. The van der Waals surface area contributed by atoms with Crippen LogP contribution in [0.3, 0.4) is 0 Å². The molecule has 0 aliphatic carbocycles. The molecule has 1 fully saturated rings. The van der Waals surface area contributed by atoms with Gasteiger partial charge in [-0.05, 0) is 30.7 Å². The van der Waals surface area contributed by atoms with Crippen LogP contribution in [-0.4, -0.2) is 64.8 Å². The zero-order valence-electron chi connectivity index (χ0n) is 19.0. The minimum atomic E-state index is -1.40. The molecule has 186 valence electrons. The lowest BCUT2D eigenvalue weighted by molar-refractivity contribution is -0.0730. The summed E-state index contributed by atoms with van der Waals surface area (Å²) in [5.74, 6) is -2.03. The van der Waals surface area contributed by atoms with E-state index in [4.69, 9.17) is 9.47 Å². The van der Waals surface area contributed by atoms with Crippen LogP contribution in [0.5, 0.6) is 5.75 Å². The monoisotopic (exact) mass is 487 g/mol. The highest BCUT2D eigenvalue weighted by Gasteiger charge is 2.23. The molecule has 3 heterocycles. The number of hydrogen-bond acceptors (Lipinski definition) is 9. The molecule has 1 unspecified atom stereocenters. The van der Waals surface area contributed by atoms with Gasteiger partial charge in [-0.2, -0.15) is 0 Å². The number of benzene rings is 1. The maximum Gasteiger partial charge on any atom is 0.301 e. The van der Waals surface area contributed by atoms with E-state index in [0.717, 1.165) is 4.40 Å². The summed E-state index contributed by atoms with van der Waals surface area (Å²) in [5, 5.41) is 26.0. The summed E-state index contributed by atoms with van der Waals surface area (Å²) in [6.45, 7) is 4.14.